The molecule has 0 N–H and O–H groups in total. The van der Waals surface area contributed by atoms with Crippen molar-refractivity contribution in [2.75, 3.05) is 13.2 Å². The van der Waals surface area contributed by atoms with Crippen molar-refractivity contribution in [3.05, 3.63) is 40.9 Å². The van der Waals surface area contributed by atoms with Crippen molar-refractivity contribution < 1.29 is 14.3 Å². The minimum absolute atomic E-state index is 0.0162. The van der Waals surface area contributed by atoms with E-state index in [1.165, 1.54) is 6.08 Å². The van der Waals surface area contributed by atoms with Crippen LogP contribution in [0, 0.1) is 0 Å². The summed E-state index contributed by atoms with van der Waals surface area (Å²) in [6, 6.07) is 7.36. The second-order valence-electron chi connectivity index (χ2n) is 4.89. The lowest BCUT2D eigenvalue weighted by Crippen LogP contribution is -2.37. The van der Waals surface area contributed by atoms with Gasteiger partial charge in [-0.1, -0.05) is 23.7 Å². The van der Waals surface area contributed by atoms with E-state index in [9.17, 15) is 9.59 Å². The van der Waals surface area contributed by atoms with Gasteiger partial charge in [0, 0.05) is 17.1 Å². The van der Waals surface area contributed by atoms with Crippen molar-refractivity contribution in [1.82, 2.24) is 4.90 Å². The Hall–Kier alpha value is -1.81. The predicted molar refractivity (Wildman–Crippen MR) is 81.9 cm³/mol. The second kappa shape index (κ2) is 7.27. The SMILES string of the molecule is CCOC(=O)CN(C(=O)C=Cc1ccc(Cl)cc1)C1CC1. The average molecular weight is 308 g/mol. The first kappa shape index (κ1) is 15.6. The van der Waals surface area contributed by atoms with E-state index in [4.69, 9.17) is 16.3 Å². The molecule has 1 saturated carbocycles. The third-order valence-corrected chi connectivity index (χ3v) is 3.42. The highest BCUT2D eigenvalue weighted by Gasteiger charge is 2.33. The lowest BCUT2D eigenvalue weighted by Gasteiger charge is -2.19. The fourth-order valence-corrected chi connectivity index (χ4v) is 2.08. The molecule has 4 nitrogen and oxygen atoms in total. The van der Waals surface area contributed by atoms with Crippen LogP contribution in [0.15, 0.2) is 30.3 Å². The van der Waals surface area contributed by atoms with Crippen molar-refractivity contribution >= 4 is 29.6 Å². The first-order valence-corrected chi connectivity index (χ1v) is 7.38. The summed E-state index contributed by atoms with van der Waals surface area (Å²) in [4.78, 5) is 25.3. The summed E-state index contributed by atoms with van der Waals surface area (Å²) >= 11 is 5.81. The number of hydrogen-bond donors (Lipinski definition) is 0. The lowest BCUT2D eigenvalue weighted by atomic mass is 10.2. The van der Waals surface area contributed by atoms with Crippen LogP contribution in [0.1, 0.15) is 25.3 Å². The number of carbonyl (C=O) groups excluding carboxylic acids is 2. The standard InChI is InChI=1S/C16H18ClNO3/c1-2-21-16(20)11-18(14-8-9-14)15(19)10-5-12-3-6-13(17)7-4-12/h3-7,10,14H,2,8-9,11H2,1H3. The third kappa shape index (κ3) is 4.90. The Kier molecular flexibility index (Phi) is 5.39. The lowest BCUT2D eigenvalue weighted by molar-refractivity contribution is -0.148. The van der Waals surface area contributed by atoms with Gasteiger partial charge in [-0.05, 0) is 43.5 Å². The van der Waals surface area contributed by atoms with Gasteiger partial charge in [0.2, 0.25) is 5.91 Å². The molecule has 21 heavy (non-hydrogen) atoms. The largest absolute Gasteiger partial charge is 0.465 e. The molecule has 0 atom stereocenters. The van der Waals surface area contributed by atoms with E-state index in [1.54, 1.807) is 30.0 Å². The van der Waals surface area contributed by atoms with Crippen molar-refractivity contribution in [1.29, 1.82) is 0 Å². The van der Waals surface area contributed by atoms with E-state index < -0.39 is 0 Å². The van der Waals surface area contributed by atoms with Crippen LogP contribution < -0.4 is 0 Å². The summed E-state index contributed by atoms with van der Waals surface area (Å²) in [6.45, 7) is 2.09. The van der Waals surface area contributed by atoms with Crippen molar-refractivity contribution in [3.8, 4) is 0 Å². The number of rotatable bonds is 6. The molecule has 2 rings (SSSR count). The van der Waals surface area contributed by atoms with E-state index in [0.717, 1.165) is 18.4 Å². The maximum Gasteiger partial charge on any atom is 0.325 e. The van der Waals surface area contributed by atoms with Crippen molar-refractivity contribution in [2.24, 2.45) is 0 Å². The number of nitrogens with zero attached hydrogens (tertiary/aromatic N) is 1. The summed E-state index contributed by atoms with van der Waals surface area (Å²) in [5, 5.41) is 0.653. The summed E-state index contributed by atoms with van der Waals surface area (Å²) in [6.07, 6.45) is 5.10. The summed E-state index contributed by atoms with van der Waals surface area (Å²) in [7, 11) is 0. The number of carbonyl (C=O) groups is 2. The van der Waals surface area contributed by atoms with Crippen molar-refractivity contribution in [2.45, 2.75) is 25.8 Å². The average Bonchev–Trinajstić information content (AvgIpc) is 3.29. The zero-order valence-corrected chi connectivity index (χ0v) is 12.7. The predicted octanol–water partition coefficient (Wildman–Crippen LogP) is 2.91. The molecule has 0 unspecified atom stereocenters. The Morgan fingerprint density at radius 1 is 1.33 bits per heavy atom. The fourth-order valence-electron chi connectivity index (χ4n) is 1.96. The number of hydrogen-bond acceptors (Lipinski definition) is 3. The van der Waals surface area contributed by atoms with E-state index >= 15 is 0 Å². The zero-order valence-electron chi connectivity index (χ0n) is 11.9. The Bertz CT molecular complexity index is 535. The molecule has 1 aromatic carbocycles. The minimum Gasteiger partial charge on any atom is -0.465 e. The number of ether oxygens (including phenoxy) is 1. The molecule has 0 radical (unpaired) electrons. The molecule has 0 bridgehead atoms. The van der Waals surface area contributed by atoms with Gasteiger partial charge in [-0.3, -0.25) is 9.59 Å². The fraction of sp³-hybridized carbons (Fsp3) is 0.375. The van der Waals surface area contributed by atoms with Gasteiger partial charge in [0.15, 0.2) is 0 Å². The van der Waals surface area contributed by atoms with Gasteiger partial charge in [-0.15, -0.1) is 0 Å². The molecule has 1 aromatic rings. The Morgan fingerprint density at radius 3 is 2.57 bits per heavy atom. The van der Waals surface area contributed by atoms with Crippen LogP contribution >= 0.6 is 11.6 Å². The molecule has 0 saturated heterocycles. The normalized spacial score (nSPS) is 14.2. The highest BCUT2D eigenvalue weighted by atomic mass is 35.5. The number of halogens is 1. The van der Waals surface area contributed by atoms with Gasteiger partial charge in [0.25, 0.3) is 0 Å². The molecule has 1 amide bonds. The van der Waals surface area contributed by atoms with Gasteiger partial charge < -0.3 is 9.64 Å². The van der Waals surface area contributed by atoms with Gasteiger partial charge in [-0.25, -0.2) is 0 Å². The zero-order chi connectivity index (χ0) is 15.2. The molecule has 0 heterocycles. The maximum absolute atomic E-state index is 12.2. The van der Waals surface area contributed by atoms with Gasteiger partial charge >= 0.3 is 5.97 Å². The highest BCUT2D eigenvalue weighted by Crippen LogP contribution is 2.27. The van der Waals surface area contributed by atoms with E-state index in [2.05, 4.69) is 0 Å². The van der Waals surface area contributed by atoms with Crippen LogP contribution in [0.5, 0.6) is 0 Å². The molecule has 1 aliphatic carbocycles. The summed E-state index contributed by atoms with van der Waals surface area (Å²) in [5.41, 5.74) is 0.889. The number of benzene rings is 1. The molecule has 5 heteroatoms. The first-order valence-electron chi connectivity index (χ1n) is 7.00. The maximum atomic E-state index is 12.2. The molecular weight excluding hydrogens is 290 g/mol. The molecule has 1 fully saturated rings. The minimum atomic E-state index is -0.363. The second-order valence-corrected chi connectivity index (χ2v) is 5.32. The number of amides is 1. The quantitative estimate of drug-likeness (QED) is 0.599. The molecule has 112 valence electrons. The van der Waals surface area contributed by atoms with E-state index in [-0.39, 0.29) is 24.5 Å². The van der Waals surface area contributed by atoms with Crippen LogP contribution in [0.3, 0.4) is 0 Å². The first-order chi connectivity index (χ1) is 10.1. The monoisotopic (exact) mass is 307 g/mol. The summed E-state index contributed by atoms with van der Waals surface area (Å²) in [5.74, 6) is -0.529. The molecule has 0 aromatic heterocycles. The molecule has 1 aliphatic rings. The van der Waals surface area contributed by atoms with Crippen LogP contribution in [-0.2, 0) is 14.3 Å². The van der Waals surface area contributed by atoms with Crippen LogP contribution in [0.25, 0.3) is 6.08 Å². The van der Waals surface area contributed by atoms with Crippen LogP contribution in [0.2, 0.25) is 5.02 Å². The smallest absolute Gasteiger partial charge is 0.325 e. The van der Waals surface area contributed by atoms with Gasteiger partial charge in [0.1, 0.15) is 6.54 Å². The van der Waals surface area contributed by atoms with E-state index in [1.807, 2.05) is 12.1 Å². The third-order valence-electron chi connectivity index (χ3n) is 3.16. The van der Waals surface area contributed by atoms with E-state index in [0.29, 0.717) is 11.6 Å². The molecular formula is C16H18ClNO3. The van der Waals surface area contributed by atoms with Crippen molar-refractivity contribution in [3.63, 3.8) is 0 Å². The highest BCUT2D eigenvalue weighted by molar-refractivity contribution is 6.30. The van der Waals surface area contributed by atoms with Gasteiger partial charge in [-0.2, -0.15) is 0 Å². The van der Waals surface area contributed by atoms with Crippen LogP contribution in [0.4, 0.5) is 0 Å². The number of esters is 1. The van der Waals surface area contributed by atoms with Gasteiger partial charge in [0.05, 0.1) is 6.61 Å². The Labute approximate surface area is 129 Å². The van der Waals surface area contributed by atoms with Crippen LogP contribution in [-0.4, -0.2) is 36.0 Å². The molecule has 0 aliphatic heterocycles. The molecule has 0 spiro atoms. The summed E-state index contributed by atoms with van der Waals surface area (Å²) < 4.78 is 4.90. The Balaban J connectivity index is 1.98. The Morgan fingerprint density at radius 2 is 2.00 bits per heavy atom. The topological polar surface area (TPSA) is 46.6 Å².